The second kappa shape index (κ2) is 5.52. The van der Waals surface area contributed by atoms with E-state index < -0.39 is 33.8 Å². The van der Waals surface area contributed by atoms with E-state index in [1.807, 2.05) is 6.92 Å². The largest absolute Gasteiger partial charge is 0.373 e. The Morgan fingerprint density at radius 1 is 1.08 bits per heavy atom. The molecule has 0 aromatic rings. The molecule has 3 heterocycles. The SMILES string of the molecule is CCCCON1C(=O)[C@@H]2[C@H]3O[C@H]([C@@H]2C1=O)[C@@H]1[C@@H]3[C@]2(Cl)C[C@]1(Cl)C(Cl)=C2Cl. The van der Waals surface area contributed by atoms with Gasteiger partial charge in [-0.05, 0) is 12.8 Å². The molecule has 0 spiro atoms. The smallest absolute Gasteiger partial charge is 0.260 e. The standard InChI is InChI=1S/C17H17Cl4NO4/c1-2-3-4-25-22-14(23)6-7(15(22)24)11-9-8(10(6)26-11)16(20)5-17(9,21)13(19)12(16)18/h6-11H,2-5H2,1H3/t6-,7+,8-,9-,10+,11+,16+,17+/m0/s1. The van der Waals surface area contributed by atoms with Crippen molar-refractivity contribution in [2.45, 2.75) is 48.1 Å². The molecule has 4 fully saturated rings. The summed E-state index contributed by atoms with van der Waals surface area (Å²) in [5, 5.41) is 1.62. The van der Waals surface area contributed by atoms with Crippen LogP contribution in [0.5, 0.6) is 0 Å². The van der Waals surface area contributed by atoms with Gasteiger partial charge in [0.25, 0.3) is 11.8 Å². The Hall–Kier alpha value is -0.0400. The molecule has 3 saturated heterocycles. The second-order valence-corrected chi connectivity index (χ2v) is 9.96. The average Bonchev–Trinajstić information content (AvgIpc) is 3.32. The minimum absolute atomic E-state index is 0.241. The highest BCUT2D eigenvalue weighted by atomic mass is 35.5. The molecule has 0 aromatic carbocycles. The Bertz CT molecular complexity index is 705. The van der Waals surface area contributed by atoms with E-state index in [4.69, 9.17) is 56.0 Å². The normalized spacial score (nSPS) is 51.0. The molecule has 5 aliphatic rings. The molecule has 4 bridgehead atoms. The summed E-state index contributed by atoms with van der Waals surface area (Å²) >= 11 is 26.5. The van der Waals surface area contributed by atoms with Gasteiger partial charge in [0.1, 0.15) is 0 Å². The van der Waals surface area contributed by atoms with E-state index in [1.54, 1.807) is 0 Å². The van der Waals surface area contributed by atoms with Crippen molar-refractivity contribution in [3.63, 3.8) is 0 Å². The first-order chi connectivity index (χ1) is 12.3. The summed E-state index contributed by atoms with van der Waals surface area (Å²) in [4.78, 5) is 29.3. The molecule has 142 valence electrons. The van der Waals surface area contributed by atoms with Crippen LogP contribution in [0.1, 0.15) is 26.2 Å². The molecule has 0 N–H and O–H groups in total. The summed E-state index contributed by atoms with van der Waals surface area (Å²) in [5.74, 6) is -2.35. The molecule has 0 aromatic heterocycles. The summed E-state index contributed by atoms with van der Waals surface area (Å²) in [6.07, 6.45) is 1.08. The van der Waals surface area contributed by atoms with Gasteiger partial charge in [-0.25, -0.2) is 0 Å². The quantitative estimate of drug-likeness (QED) is 0.382. The zero-order valence-corrected chi connectivity index (χ0v) is 16.9. The first-order valence-corrected chi connectivity index (χ1v) is 10.4. The van der Waals surface area contributed by atoms with E-state index in [0.29, 0.717) is 23.1 Å². The van der Waals surface area contributed by atoms with Crippen molar-refractivity contribution in [1.82, 2.24) is 5.06 Å². The number of allylic oxidation sites excluding steroid dienone is 2. The highest BCUT2D eigenvalue weighted by Crippen LogP contribution is 2.75. The summed E-state index contributed by atoms with van der Waals surface area (Å²) in [6, 6.07) is 0. The third kappa shape index (κ3) is 1.84. The third-order valence-electron chi connectivity index (χ3n) is 6.69. The molecular formula is C17H17Cl4NO4. The molecule has 2 amide bonds. The van der Waals surface area contributed by atoms with Crippen molar-refractivity contribution in [3.8, 4) is 0 Å². The number of nitrogens with zero attached hydrogens (tertiary/aromatic N) is 1. The number of hydroxylamine groups is 2. The molecule has 5 rings (SSSR count). The number of alkyl halides is 2. The number of carbonyl (C=O) groups is 2. The van der Waals surface area contributed by atoms with Gasteiger partial charge < -0.3 is 4.74 Å². The zero-order valence-electron chi connectivity index (χ0n) is 13.9. The van der Waals surface area contributed by atoms with Crippen molar-refractivity contribution >= 4 is 58.2 Å². The Labute approximate surface area is 170 Å². The van der Waals surface area contributed by atoms with Gasteiger partial charge in [-0.15, -0.1) is 23.2 Å². The van der Waals surface area contributed by atoms with E-state index in [0.717, 1.165) is 17.9 Å². The lowest BCUT2D eigenvalue weighted by Crippen LogP contribution is -2.50. The van der Waals surface area contributed by atoms with Gasteiger partial charge in [-0.1, -0.05) is 36.5 Å². The zero-order chi connectivity index (χ0) is 18.6. The summed E-state index contributed by atoms with van der Waals surface area (Å²) in [5.41, 5.74) is 0. The number of hydrogen-bond acceptors (Lipinski definition) is 4. The monoisotopic (exact) mass is 439 g/mol. The van der Waals surface area contributed by atoms with Gasteiger partial charge in [0, 0.05) is 11.8 Å². The molecule has 1 saturated carbocycles. The molecule has 9 heteroatoms. The van der Waals surface area contributed by atoms with Crippen LogP contribution in [0.3, 0.4) is 0 Å². The van der Waals surface area contributed by atoms with Crippen molar-refractivity contribution in [2.75, 3.05) is 6.61 Å². The first-order valence-electron chi connectivity index (χ1n) is 8.87. The number of ether oxygens (including phenoxy) is 1. The lowest BCUT2D eigenvalue weighted by molar-refractivity contribution is -0.192. The fourth-order valence-electron chi connectivity index (χ4n) is 5.69. The van der Waals surface area contributed by atoms with E-state index in [1.165, 1.54) is 0 Å². The number of amides is 2. The van der Waals surface area contributed by atoms with E-state index >= 15 is 0 Å². The van der Waals surface area contributed by atoms with Crippen LogP contribution >= 0.6 is 46.4 Å². The van der Waals surface area contributed by atoms with Crippen molar-refractivity contribution in [2.24, 2.45) is 23.7 Å². The number of halogens is 4. The lowest BCUT2D eigenvalue weighted by Gasteiger charge is -2.40. The maximum Gasteiger partial charge on any atom is 0.260 e. The first kappa shape index (κ1) is 18.0. The Balaban J connectivity index is 1.50. The molecule has 0 radical (unpaired) electrons. The highest BCUT2D eigenvalue weighted by molar-refractivity contribution is 6.51. The number of imide groups is 1. The number of unbranched alkanes of at least 4 members (excludes halogenated alkanes) is 1. The fraction of sp³-hybridized carbons (Fsp3) is 0.765. The highest BCUT2D eigenvalue weighted by Gasteiger charge is 2.82. The predicted octanol–water partition coefficient (Wildman–Crippen LogP) is 3.39. The number of hydrogen-bond donors (Lipinski definition) is 0. The minimum atomic E-state index is -0.935. The molecule has 0 unspecified atom stereocenters. The molecule has 3 aliphatic heterocycles. The molecule has 8 atom stereocenters. The minimum Gasteiger partial charge on any atom is -0.373 e. The second-order valence-electron chi connectivity index (χ2n) is 7.86. The third-order valence-corrected chi connectivity index (χ3v) is 9.18. The Kier molecular flexibility index (Phi) is 3.82. The van der Waals surface area contributed by atoms with Gasteiger partial charge in [-0.3, -0.25) is 14.4 Å². The van der Waals surface area contributed by atoms with Gasteiger partial charge >= 0.3 is 0 Å². The van der Waals surface area contributed by atoms with Gasteiger partial charge in [-0.2, -0.15) is 5.06 Å². The molecule has 26 heavy (non-hydrogen) atoms. The molecule has 5 nitrogen and oxygen atoms in total. The van der Waals surface area contributed by atoms with E-state index in [2.05, 4.69) is 0 Å². The predicted molar refractivity (Wildman–Crippen MR) is 95.9 cm³/mol. The van der Waals surface area contributed by atoms with Gasteiger partial charge in [0.05, 0.1) is 50.5 Å². The fourth-order valence-corrected chi connectivity index (χ4v) is 7.71. The van der Waals surface area contributed by atoms with Gasteiger partial charge in [0.15, 0.2) is 0 Å². The number of rotatable bonds is 4. The van der Waals surface area contributed by atoms with Crippen LogP contribution in [-0.4, -0.2) is 45.4 Å². The summed E-state index contributed by atoms with van der Waals surface area (Å²) in [6.45, 7) is 2.34. The van der Waals surface area contributed by atoms with E-state index in [9.17, 15) is 9.59 Å². The Morgan fingerprint density at radius 3 is 2.04 bits per heavy atom. The average molecular weight is 441 g/mol. The van der Waals surface area contributed by atoms with Crippen LogP contribution in [0.4, 0.5) is 0 Å². The summed E-state index contributed by atoms with van der Waals surface area (Å²) < 4.78 is 6.09. The van der Waals surface area contributed by atoms with Crippen LogP contribution in [0, 0.1) is 23.7 Å². The Morgan fingerprint density at radius 2 is 1.58 bits per heavy atom. The maximum absolute atomic E-state index is 12.9. The van der Waals surface area contributed by atoms with Gasteiger partial charge in [0.2, 0.25) is 0 Å². The van der Waals surface area contributed by atoms with Crippen LogP contribution in [0.25, 0.3) is 0 Å². The van der Waals surface area contributed by atoms with Crippen LogP contribution in [0.2, 0.25) is 0 Å². The molecule has 2 aliphatic carbocycles. The van der Waals surface area contributed by atoms with Crippen LogP contribution in [-0.2, 0) is 19.2 Å². The van der Waals surface area contributed by atoms with E-state index in [-0.39, 0.29) is 23.7 Å². The topological polar surface area (TPSA) is 55.8 Å². The molecular weight excluding hydrogens is 424 g/mol. The van der Waals surface area contributed by atoms with Crippen molar-refractivity contribution in [3.05, 3.63) is 10.1 Å². The lowest BCUT2D eigenvalue weighted by atomic mass is 9.65. The van der Waals surface area contributed by atoms with Crippen molar-refractivity contribution in [1.29, 1.82) is 0 Å². The van der Waals surface area contributed by atoms with Crippen LogP contribution < -0.4 is 0 Å². The number of fused-ring (bicyclic) bond motifs is 12. The van der Waals surface area contributed by atoms with Crippen molar-refractivity contribution < 1.29 is 19.2 Å². The summed E-state index contributed by atoms with van der Waals surface area (Å²) in [7, 11) is 0. The van der Waals surface area contributed by atoms with Crippen LogP contribution in [0.15, 0.2) is 10.1 Å². The maximum atomic E-state index is 12.9. The number of carbonyl (C=O) groups excluding carboxylic acids is 2.